The van der Waals surface area contributed by atoms with Crippen molar-refractivity contribution in [3.05, 3.63) is 16.5 Å². The van der Waals surface area contributed by atoms with Crippen LogP contribution >= 0.6 is 11.3 Å². The lowest BCUT2D eigenvalue weighted by atomic mass is 9.98. The van der Waals surface area contributed by atoms with Crippen LogP contribution in [-0.2, 0) is 16.0 Å². The number of amides is 1. The number of hydrogen-bond donors (Lipinski definition) is 2. The fourth-order valence-electron chi connectivity index (χ4n) is 2.53. The van der Waals surface area contributed by atoms with Crippen molar-refractivity contribution < 1.29 is 14.3 Å². The molecule has 1 aliphatic carbocycles. The minimum atomic E-state index is -0.803. The normalized spacial score (nSPS) is 16.7. The molecule has 0 spiro atoms. The van der Waals surface area contributed by atoms with Crippen LogP contribution in [0.2, 0.25) is 0 Å². The van der Waals surface area contributed by atoms with Crippen LogP contribution in [0.25, 0.3) is 0 Å². The molecule has 0 aliphatic heterocycles. The second-order valence-corrected chi connectivity index (χ2v) is 6.48. The molecule has 1 amide bonds. The van der Waals surface area contributed by atoms with Gasteiger partial charge >= 0.3 is 5.97 Å². The van der Waals surface area contributed by atoms with Crippen molar-refractivity contribution in [1.82, 2.24) is 0 Å². The Hall–Kier alpha value is -1.40. The summed E-state index contributed by atoms with van der Waals surface area (Å²) in [4.78, 5) is 25.4. The van der Waals surface area contributed by atoms with Crippen LogP contribution in [0.5, 0.6) is 0 Å². The standard InChI is InChI=1S/C15H22N2O3S/c1-3-10-9-11(13(18)20-4-2)12(21-10)17-14(19)15(16)7-5-6-8-15/h9H,3-8,16H2,1-2H3,(H,17,19). The van der Waals surface area contributed by atoms with Crippen molar-refractivity contribution in [2.24, 2.45) is 5.73 Å². The Morgan fingerprint density at radius 3 is 2.62 bits per heavy atom. The smallest absolute Gasteiger partial charge is 0.341 e. The molecule has 3 N–H and O–H groups in total. The number of aryl methyl sites for hydroxylation is 1. The van der Waals surface area contributed by atoms with Gasteiger partial charge in [0.15, 0.2) is 0 Å². The number of rotatable bonds is 5. The van der Waals surface area contributed by atoms with Gasteiger partial charge in [0, 0.05) is 4.88 Å². The van der Waals surface area contributed by atoms with Crippen LogP contribution in [0.4, 0.5) is 5.00 Å². The molecule has 0 atom stereocenters. The van der Waals surface area contributed by atoms with Crippen LogP contribution in [0.1, 0.15) is 54.8 Å². The highest BCUT2D eigenvalue weighted by molar-refractivity contribution is 7.16. The van der Waals surface area contributed by atoms with Crippen LogP contribution in [0.3, 0.4) is 0 Å². The van der Waals surface area contributed by atoms with Crippen molar-refractivity contribution in [1.29, 1.82) is 0 Å². The summed E-state index contributed by atoms with van der Waals surface area (Å²) in [6.45, 7) is 4.08. The number of ether oxygens (including phenoxy) is 1. The Morgan fingerprint density at radius 1 is 1.38 bits per heavy atom. The number of hydrogen-bond acceptors (Lipinski definition) is 5. The first kappa shape index (κ1) is 16.0. The fraction of sp³-hybridized carbons (Fsp3) is 0.600. The molecule has 1 heterocycles. The minimum Gasteiger partial charge on any atom is -0.462 e. The van der Waals surface area contributed by atoms with Gasteiger partial charge in [0.2, 0.25) is 5.91 Å². The van der Waals surface area contributed by atoms with Gasteiger partial charge in [-0.3, -0.25) is 4.79 Å². The lowest BCUT2D eigenvalue weighted by molar-refractivity contribution is -0.120. The number of esters is 1. The third kappa shape index (κ3) is 3.44. The van der Waals surface area contributed by atoms with Gasteiger partial charge in [-0.15, -0.1) is 11.3 Å². The summed E-state index contributed by atoms with van der Waals surface area (Å²) in [5.74, 6) is -0.601. The highest BCUT2D eigenvalue weighted by atomic mass is 32.1. The van der Waals surface area contributed by atoms with E-state index >= 15 is 0 Å². The molecule has 0 bridgehead atoms. The van der Waals surface area contributed by atoms with Gasteiger partial charge in [-0.25, -0.2) is 4.79 Å². The molecule has 0 aromatic carbocycles. The molecule has 1 saturated carbocycles. The molecular formula is C15H22N2O3S. The van der Waals surface area contributed by atoms with Crippen molar-refractivity contribution >= 4 is 28.2 Å². The van der Waals surface area contributed by atoms with E-state index in [0.717, 1.165) is 24.1 Å². The van der Waals surface area contributed by atoms with Crippen LogP contribution in [-0.4, -0.2) is 24.0 Å². The molecule has 1 aliphatic rings. The van der Waals surface area contributed by atoms with E-state index in [9.17, 15) is 9.59 Å². The Kier molecular flexibility index (Phi) is 5.00. The molecule has 1 aromatic rings. The van der Waals surface area contributed by atoms with E-state index in [1.807, 2.05) is 6.92 Å². The topological polar surface area (TPSA) is 81.4 Å². The van der Waals surface area contributed by atoms with E-state index in [4.69, 9.17) is 10.5 Å². The summed E-state index contributed by atoms with van der Waals surface area (Å²) < 4.78 is 5.04. The van der Waals surface area contributed by atoms with Gasteiger partial charge in [0.05, 0.1) is 17.7 Å². The molecule has 0 saturated heterocycles. The highest BCUT2D eigenvalue weighted by Crippen LogP contribution is 2.33. The Labute approximate surface area is 128 Å². The van der Waals surface area contributed by atoms with E-state index in [1.54, 1.807) is 13.0 Å². The predicted octanol–water partition coefficient (Wildman–Crippen LogP) is 2.70. The number of anilines is 1. The number of nitrogens with one attached hydrogen (secondary N) is 1. The second kappa shape index (κ2) is 6.58. The van der Waals surface area contributed by atoms with Crippen LogP contribution in [0.15, 0.2) is 6.07 Å². The summed E-state index contributed by atoms with van der Waals surface area (Å²) >= 11 is 1.41. The summed E-state index contributed by atoms with van der Waals surface area (Å²) in [7, 11) is 0. The molecule has 0 radical (unpaired) electrons. The maximum Gasteiger partial charge on any atom is 0.341 e. The molecule has 5 nitrogen and oxygen atoms in total. The maximum atomic E-state index is 12.4. The first-order valence-corrected chi connectivity index (χ1v) is 8.22. The van der Waals surface area contributed by atoms with Crippen molar-refractivity contribution in [3.63, 3.8) is 0 Å². The lowest BCUT2D eigenvalue weighted by Gasteiger charge is -2.22. The van der Waals surface area contributed by atoms with Gasteiger partial charge in [-0.05, 0) is 32.3 Å². The molecule has 1 fully saturated rings. The van der Waals surface area contributed by atoms with Gasteiger partial charge in [-0.2, -0.15) is 0 Å². The third-order valence-electron chi connectivity index (χ3n) is 3.80. The maximum absolute atomic E-state index is 12.4. The van der Waals surface area contributed by atoms with Gasteiger partial charge in [0.1, 0.15) is 5.00 Å². The quantitative estimate of drug-likeness (QED) is 0.819. The summed E-state index contributed by atoms with van der Waals surface area (Å²) in [6, 6.07) is 1.79. The summed E-state index contributed by atoms with van der Waals surface area (Å²) in [5, 5.41) is 3.39. The van der Waals surface area contributed by atoms with Crippen LogP contribution in [0, 0.1) is 0 Å². The molecule has 6 heteroatoms. The monoisotopic (exact) mass is 310 g/mol. The Bertz CT molecular complexity index is 533. The van der Waals surface area contributed by atoms with Crippen molar-refractivity contribution in [2.75, 3.05) is 11.9 Å². The first-order chi connectivity index (χ1) is 10.00. The molecule has 2 rings (SSSR count). The lowest BCUT2D eigenvalue weighted by Crippen LogP contribution is -2.48. The second-order valence-electron chi connectivity index (χ2n) is 5.35. The number of carbonyl (C=O) groups excluding carboxylic acids is 2. The number of carbonyl (C=O) groups is 2. The number of nitrogens with two attached hydrogens (primary N) is 1. The van der Waals surface area contributed by atoms with E-state index in [-0.39, 0.29) is 5.91 Å². The fourth-order valence-corrected chi connectivity index (χ4v) is 3.51. The SMILES string of the molecule is CCOC(=O)c1cc(CC)sc1NC(=O)C1(N)CCCC1. The molecular weight excluding hydrogens is 288 g/mol. The minimum absolute atomic E-state index is 0.199. The number of thiophene rings is 1. The average molecular weight is 310 g/mol. The summed E-state index contributed by atoms with van der Waals surface area (Å²) in [5.41, 5.74) is 5.77. The van der Waals surface area contributed by atoms with Gasteiger partial charge < -0.3 is 15.8 Å². The van der Waals surface area contributed by atoms with Gasteiger partial charge in [-0.1, -0.05) is 19.8 Å². The van der Waals surface area contributed by atoms with E-state index in [2.05, 4.69) is 5.32 Å². The van der Waals surface area contributed by atoms with Crippen LogP contribution < -0.4 is 11.1 Å². The molecule has 21 heavy (non-hydrogen) atoms. The van der Waals surface area contributed by atoms with Crippen molar-refractivity contribution in [3.8, 4) is 0 Å². The largest absolute Gasteiger partial charge is 0.462 e. The zero-order valence-corrected chi connectivity index (χ0v) is 13.3. The third-order valence-corrected chi connectivity index (χ3v) is 5.00. The Morgan fingerprint density at radius 2 is 2.05 bits per heavy atom. The van der Waals surface area contributed by atoms with E-state index < -0.39 is 11.5 Å². The molecule has 116 valence electrons. The zero-order valence-electron chi connectivity index (χ0n) is 12.5. The van der Waals surface area contributed by atoms with E-state index in [1.165, 1.54) is 11.3 Å². The Balaban J connectivity index is 2.20. The summed E-state index contributed by atoms with van der Waals surface area (Å²) in [6.07, 6.45) is 4.14. The van der Waals surface area contributed by atoms with Gasteiger partial charge in [0.25, 0.3) is 0 Å². The molecule has 1 aromatic heterocycles. The average Bonchev–Trinajstić information content (AvgIpc) is 3.06. The zero-order chi connectivity index (χ0) is 15.5. The highest BCUT2D eigenvalue weighted by Gasteiger charge is 2.37. The molecule has 0 unspecified atom stereocenters. The first-order valence-electron chi connectivity index (χ1n) is 7.40. The van der Waals surface area contributed by atoms with E-state index in [0.29, 0.717) is 30.0 Å². The predicted molar refractivity (Wildman–Crippen MR) is 83.7 cm³/mol. The van der Waals surface area contributed by atoms with Crippen molar-refractivity contribution in [2.45, 2.75) is 51.5 Å².